The van der Waals surface area contributed by atoms with Gasteiger partial charge in [-0.05, 0) is 31.8 Å². The van der Waals surface area contributed by atoms with Crippen LogP contribution in [0.2, 0.25) is 0 Å². The van der Waals surface area contributed by atoms with Crippen molar-refractivity contribution in [3.8, 4) is 0 Å². The molecule has 2 N–H and O–H groups in total. The molecule has 1 atom stereocenters. The maximum atomic E-state index is 5.62. The molecule has 0 aromatic heterocycles. The fourth-order valence-corrected chi connectivity index (χ4v) is 1.51. The van der Waals surface area contributed by atoms with Gasteiger partial charge in [0.15, 0.2) is 0 Å². The number of hydrogen-bond acceptors (Lipinski definition) is 4. The molecule has 0 aliphatic heterocycles. The molecule has 0 aromatic carbocycles. The van der Waals surface area contributed by atoms with Crippen LogP contribution in [0.15, 0.2) is 0 Å². The highest BCUT2D eigenvalue weighted by Gasteiger charge is 2.06. The summed E-state index contributed by atoms with van der Waals surface area (Å²) in [6, 6.07) is 0. The lowest BCUT2D eigenvalue weighted by Gasteiger charge is -2.23. The fraction of sp³-hybridized carbons (Fsp3) is 1.00. The average molecular weight is 232 g/mol. The molecule has 0 saturated heterocycles. The van der Waals surface area contributed by atoms with E-state index in [0.717, 1.165) is 52.2 Å². The molecular weight excluding hydrogens is 204 g/mol. The van der Waals surface area contributed by atoms with Crippen molar-refractivity contribution in [1.29, 1.82) is 0 Å². The summed E-state index contributed by atoms with van der Waals surface area (Å²) in [6.07, 6.45) is 2.24. The molecule has 0 saturated carbocycles. The molecule has 98 valence electrons. The Bertz CT molecular complexity index is 145. The van der Waals surface area contributed by atoms with Crippen LogP contribution in [0.5, 0.6) is 0 Å². The third kappa shape index (κ3) is 9.09. The highest BCUT2D eigenvalue weighted by molar-refractivity contribution is 4.61. The number of nitrogens with two attached hydrogens (primary N) is 1. The van der Waals surface area contributed by atoms with Crippen molar-refractivity contribution >= 4 is 0 Å². The molecule has 0 aliphatic carbocycles. The Kier molecular flexibility index (Phi) is 11.2. The van der Waals surface area contributed by atoms with Gasteiger partial charge in [-0.15, -0.1) is 0 Å². The van der Waals surface area contributed by atoms with Crippen molar-refractivity contribution in [2.75, 3.05) is 53.6 Å². The van der Waals surface area contributed by atoms with Gasteiger partial charge >= 0.3 is 0 Å². The maximum absolute atomic E-state index is 5.62. The molecule has 0 fully saturated rings. The fourth-order valence-electron chi connectivity index (χ4n) is 1.51. The van der Waals surface area contributed by atoms with Gasteiger partial charge in [-0.3, -0.25) is 0 Å². The van der Waals surface area contributed by atoms with Crippen LogP contribution in [-0.4, -0.2) is 58.5 Å². The largest absolute Gasteiger partial charge is 0.385 e. The molecule has 0 bridgehead atoms. The van der Waals surface area contributed by atoms with E-state index in [1.165, 1.54) is 0 Å². The molecule has 0 amide bonds. The van der Waals surface area contributed by atoms with Gasteiger partial charge in [-0.25, -0.2) is 0 Å². The molecule has 4 heteroatoms. The van der Waals surface area contributed by atoms with Gasteiger partial charge in [0.05, 0.1) is 6.61 Å². The molecule has 4 nitrogen and oxygen atoms in total. The van der Waals surface area contributed by atoms with Gasteiger partial charge in [0.25, 0.3) is 0 Å². The summed E-state index contributed by atoms with van der Waals surface area (Å²) >= 11 is 0. The first-order valence-corrected chi connectivity index (χ1v) is 6.14. The van der Waals surface area contributed by atoms with Crippen molar-refractivity contribution in [2.45, 2.75) is 19.8 Å². The van der Waals surface area contributed by atoms with Gasteiger partial charge < -0.3 is 20.1 Å². The molecule has 0 radical (unpaired) electrons. The zero-order chi connectivity index (χ0) is 12.2. The maximum Gasteiger partial charge on any atom is 0.0589 e. The van der Waals surface area contributed by atoms with E-state index in [1.54, 1.807) is 14.2 Å². The van der Waals surface area contributed by atoms with Crippen LogP contribution in [0.1, 0.15) is 19.8 Å². The summed E-state index contributed by atoms with van der Waals surface area (Å²) in [7, 11) is 3.49. The summed E-state index contributed by atoms with van der Waals surface area (Å²) in [5.41, 5.74) is 5.62. The van der Waals surface area contributed by atoms with Gasteiger partial charge in [-0.1, -0.05) is 6.92 Å². The lowest BCUT2D eigenvalue weighted by molar-refractivity contribution is 0.129. The zero-order valence-corrected chi connectivity index (χ0v) is 11.1. The summed E-state index contributed by atoms with van der Waals surface area (Å²) in [6.45, 7) is 7.77. The van der Waals surface area contributed by atoms with E-state index in [2.05, 4.69) is 11.8 Å². The topological polar surface area (TPSA) is 47.7 Å². The number of rotatable bonds is 11. The van der Waals surface area contributed by atoms with Gasteiger partial charge in [0.1, 0.15) is 0 Å². The van der Waals surface area contributed by atoms with Crippen LogP contribution in [0.4, 0.5) is 0 Å². The lowest BCUT2D eigenvalue weighted by Crippen LogP contribution is -2.31. The quantitative estimate of drug-likeness (QED) is 0.539. The Morgan fingerprint density at radius 2 is 1.75 bits per heavy atom. The molecule has 0 heterocycles. The SMILES string of the molecule is COCCCN(CCOC)CCC(C)CN. The van der Waals surface area contributed by atoms with E-state index >= 15 is 0 Å². The van der Waals surface area contributed by atoms with E-state index in [4.69, 9.17) is 15.2 Å². The highest BCUT2D eigenvalue weighted by Crippen LogP contribution is 2.02. The van der Waals surface area contributed by atoms with E-state index in [9.17, 15) is 0 Å². The van der Waals surface area contributed by atoms with E-state index in [1.807, 2.05) is 0 Å². The Morgan fingerprint density at radius 3 is 2.31 bits per heavy atom. The van der Waals surface area contributed by atoms with Crippen LogP contribution in [0, 0.1) is 5.92 Å². The predicted molar refractivity (Wildman–Crippen MR) is 67.6 cm³/mol. The first-order valence-electron chi connectivity index (χ1n) is 6.14. The van der Waals surface area contributed by atoms with Gasteiger partial charge in [0.2, 0.25) is 0 Å². The van der Waals surface area contributed by atoms with Crippen molar-refractivity contribution in [3.63, 3.8) is 0 Å². The third-order valence-corrected chi connectivity index (χ3v) is 2.77. The van der Waals surface area contributed by atoms with Crippen LogP contribution >= 0.6 is 0 Å². The van der Waals surface area contributed by atoms with Gasteiger partial charge in [0, 0.05) is 33.9 Å². The molecule has 0 aliphatic rings. The Balaban J connectivity index is 3.70. The molecular formula is C12H28N2O2. The normalized spacial score (nSPS) is 13.3. The Morgan fingerprint density at radius 1 is 1.06 bits per heavy atom. The van der Waals surface area contributed by atoms with Crippen molar-refractivity contribution < 1.29 is 9.47 Å². The smallest absolute Gasteiger partial charge is 0.0589 e. The minimum absolute atomic E-state index is 0.604. The van der Waals surface area contributed by atoms with Crippen LogP contribution in [0.25, 0.3) is 0 Å². The Hall–Kier alpha value is -0.160. The molecule has 1 unspecified atom stereocenters. The second-order valence-electron chi connectivity index (χ2n) is 4.31. The number of methoxy groups -OCH3 is 2. The second kappa shape index (κ2) is 11.3. The first kappa shape index (κ1) is 15.8. The van der Waals surface area contributed by atoms with Crippen molar-refractivity contribution in [1.82, 2.24) is 4.90 Å². The van der Waals surface area contributed by atoms with Gasteiger partial charge in [-0.2, -0.15) is 0 Å². The zero-order valence-electron chi connectivity index (χ0n) is 11.1. The van der Waals surface area contributed by atoms with Crippen LogP contribution in [0.3, 0.4) is 0 Å². The lowest BCUT2D eigenvalue weighted by atomic mass is 10.1. The number of hydrogen-bond donors (Lipinski definition) is 1. The first-order chi connectivity index (χ1) is 7.74. The second-order valence-corrected chi connectivity index (χ2v) is 4.31. The average Bonchev–Trinajstić information content (AvgIpc) is 2.31. The predicted octanol–water partition coefficient (Wildman–Crippen LogP) is 0.956. The minimum atomic E-state index is 0.604. The summed E-state index contributed by atoms with van der Waals surface area (Å²) in [5.74, 6) is 0.604. The summed E-state index contributed by atoms with van der Waals surface area (Å²) < 4.78 is 10.2. The number of ether oxygens (including phenoxy) is 2. The third-order valence-electron chi connectivity index (χ3n) is 2.77. The molecule has 0 spiro atoms. The van der Waals surface area contributed by atoms with Crippen molar-refractivity contribution in [3.05, 3.63) is 0 Å². The van der Waals surface area contributed by atoms with Crippen LogP contribution in [-0.2, 0) is 9.47 Å². The highest BCUT2D eigenvalue weighted by atomic mass is 16.5. The molecule has 16 heavy (non-hydrogen) atoms. The monoisotopic (exact) mass is 232 g/mol. The summed E-state index contributed by atoms with van der Waals surface area (Å²) in [4.78, 5) is 2.43. The Labute approximate surface area is 100 Å². The number of nitrogens with zero attached hydrogens (tertiary/aromatic N) is 1. The molecule has 0 aromatic rings. The van der Waals surface area contributed by atoms with Crippen LogP contribution < -0.4 is 5.73 Å². The van der Waals surface area contributed by atoms with E-state index in [0.29, 0.717) is 5.92 Å². The summed E-state index contributed by atoms with van der Waals surface area (Å²) in [5, 5.41) is 0. The van der Waals surface area contributed by atoms with Crippen molar-refractivity contribution in [2.24, 2.45) is 11.7 Å². The van der Waals surface area contributed by atoms with E-state index < -0.39 is 0 Å². The van der Waals surface area contributed by atoms with E-state index in [-0.39, 0.29) is 0 Å². The minimum Gasteiger partial charge on any atom is -0.385 e. The standard InChI is InChI=1S/C12H28N2O2/c1-12(11-13)5-7-14(8-10-16-3)6-4-9-15-2/h12H,4-11,13H2,1-3H3. The molecule has 0 rings (SSSR count).